The van der Waals surface area contributed by atoms with Gasteiger partial charge in [0.15, 0.2) is 0 Å². The Bertz CT molecular complexity index is 1140. The predicted molar refractivity (Wildman–Crippen MR) is 145 cm³/mol. The zero-order valence-electron chi connectivity index (χ0n) is 22.2. The fourth-order valence-corrected chi connectivity index (χ4v) is 3.73. The van der Waals surface area contributed by atoms with E-state index >= 15 is 0 Å². The monoisotopic (exact) mass is 523 g/mol. The Morgan fingerprint density at radius 1 is 0.816 bits per heavy atom. The summed E-state index contributed by atoms with van der Waals surface area (Å²) < 4.78 is 26.5. The third-order valence-electron chi connectivity index (χ3n) is 5.70. The van der Waals surface area contributed by atoms with Gasteiger partial charge in [-0.2, -0.15) is 0 Å². The molecule has 38 heavy (non-hydrogen) atoms. The van der Waals surface area contributed by atoms with E-state index in [1.807, 2.05) is 36.4 Å². The molecule has 2 aromatic carbocycles. The Kier molecular flexibility index (Phi) is 12.7. The number of benzene rings is 2. The van der Waals surface area contributed by atoms with E-state index in [9.17, 15) is 9.90 Å². The lowest BCUT2D eigenvalue weighted by atomic mass is 9.97. The standard InChI is InChI=1S/C30H37NO7/c1-23-5-3-6-24(19-23)25-8-9-29(32)28(21-25)26-10-11-31-27(20-26)22-38-30(33)7-4-12-35-15-16-37-18-17-36-14-13-34-2/h3,5-6,8-11,19-21,32H,4,7,12-18,22H2,1-2H3. The van der Waals surface area contributed by atoms with Gasteiger partial charge < -0.3 is 28.8 Å². The van der Waals surface area contributed by atoms with E-state index in [-0.39, 0.29) is 24.7 Å². The number of carbonyl (C=O) groups excluding carboxylic acids is 1. The number of methoxy groups -OCH3 is 1. The number of carbonyl (C=O) groups is 1. The first-order chi connectivity index (χ1) is 18.6. The van der Waals surface area contributed by atoms with Crippen molar-refractivity contribution in [2.45, 2.75) is 26.4 Å². The topological polar surface area (TPSA) is 96.3 Å². The van der Waals surface area contributed by atoms with Gasteiger partial charge in [0.25, 0.3) is 0 Å². The third kappa shape index (κ3) is 10.2. The second-order valence-corrected chi connectivity index (χ2v) is 8.73. The highest BCUT2D eigenvalue weighted by Crippen LogP contribution is 2.34. The summed E-state index contributed by atoms with van der Waals surface area (Å²) in [4.78, 5) is 16.5. The van der Waals surface area contributed by atoms with Crippen molar-refractivity contribution < 1.29 is 33.6 Å². The van der Waals surface area contributed by atoms with E-state index in [4.69, 9.17) is 23.7 Å². The molecule has 0 unspecified atom stereocenters. The first-order valence-electron chi connectivity index (χ1n) is 12.8. The van der Waals surface area contributed by atoms with Crippen LogP contribution in [0.2, 0.25) is 0 Å². The Morgan fingerprint density at radius 3 is 2.26 bits per heavy atom. The molecule has 0 aliphatic rings. The molecule has 0 saturated carbocycles. The number of aryl methyl sites for hydroxylation is 1. The summed E-state index contributed by atoms with van der Waals surface area (Å²) in [5.41, 5.74) is 5.35. The van der Waals surface area contributed by atoms with Gasteiger partial charge >= 0.3 is 5.97 Å². The number of phenolic OH excluding ortho intramolecular Hbond substituents is 1. The molecule has 3 aromatic rings. The quantitative estimate of drug-likeness (QED) is 0.196. The maximum atomic E-state index is 12.1. The average molecular weight is 524 g/mol. The number of hydrogen-bond donors (Lipinski definition) is 1. The van der Waals surface area contributed by atoms with Crippen molar-refractivity contribution in [1.82, 2.24) is 4.98 Å². The second-order valence-electron chi connectivity index (χ2n) is 8.73. The lowest BCUT2D eigenvalue weighted by Gasteiger charge is -2.11. The van der Waals surface area contributed by atoms with Crippen LogP contribution in [0.4, 0.5) is 0 Å². The lowest BCUT2D eigenvalue weighted by Crippen LogP contribution is -2.12. The third-order valence-corrected chi connectivity index (χ3v) is 5.70. The van der Waals surface area contributed by atoms with Crippen LogP contribution in [0.25, 0.3) is 22.3 Å². The number of ether oxygens (including phenoxy) is 5. The highest BCUT2D eigenvalue weighted by Gasteiger charge is 2.10. The highest BCUT2D eigenvalue weighted by atomic mass is 16.6. The van der Waals surface area contributed by atoms with Gasteiger partial charge in [0.05, 0.1) is 45.3 Å². The van der Waals surface area contributed by atoms with E-state index in [2.05, 4.69) is 24.0 Å². The van der Waals surface area contributed by atoms with Crippen molar-refractivity contribution in [3.05, 3.63) is 72.1 Å². The Balaban J connectivity index is 1.38. The van der Waals surface area contributed by atoms with E-state index in [0.717, 1.165) is 16.7 Å². The van der Waals surface area contributed by atoms with E-state index in [1.54, 1.807) is 19.4 Å². The van der Waals surface area contributed by atoms with Crippen molar-refractivity contribution >= 4 is 5.97 Å². The van der Waals surface area contributed by atoms with Crippen LogP contribution in [0.15, 0.2) is 60.8 Å². The van der Waals surface area contributed by atoms with Crippen molar-refractivity contribution in [3.8, 4) is 28.0 Å². The van der Waals surface area contributed by atoms with Crippen LogP contribution in [0.1, 0.15) is 24.1 Å². The molecular formula is C30H37NO7. The van der Waals surface area contributed by atoms with Gasteiger partial charge in [-0.1, -0.05) is 35.9 Å². The van der Waals surface area contributed by atoms with Gasteiger partial charge in [-0.15, -0.1) is 0 Å². The van der Waals surface area contributed by atoms with E-state index in [0.29, 0.717) is 63.9 Å². The molecular weight excluding hydrogens is 486 g/mol. The number of esters is 1. The molecule has 0 saturated heterocycles. The molecule has 1 N–H and O–H groups in total. The van der Waals surface area contributed by atoms with Crippen LogP contribution in [-0.4, -0.2) is 69.4 Å². The fourth-order valence-electron chi connectivity index (χ4n) is 3.73. The molecule has 0 aliphatic heterocycles. The minimum Gasteiger partial charge on any atom is -0.507 e. The smallest absolute Gasteiger partial charge is 0.306 e. The summed E-state index contributed by atoms with van der Waals surface area (Å²) in [7, 11) is 1.63. The number of aromatic nitrogens is 1. The molecule has 0 radical (unpaired) electrons. The highest BCUT2D eigenvalue weighted by molar-refractivity contribution is 5.77. The van der Waals surface area contributed by atoms with Crippen LogP contribution in [0, 0.1) is 6.92 Å². The summed E-state index contributed by atoms with van der Waals surface area (Å²) in [6.45, 7) is 5.65. The van der Waals surface area contributed by atoms with Gasteiger partial charge in [0, 0.05) is 31.9 Å². The van der Waals surface area contributed by atoms with Gasteiger partial charge in [-0.05, 0) is 54.3 Å². The Labute approximate surface area is 224 Å². The average Bonchev–Trinajstić information content (AvgIpc) is 2.93. The summed E-state index contributed by atoms with van der Waals surface area (Å²) in [5.74, 6) is -0.133. The zero-order chi connectivity index (χ0) is 27.0. The normalized spacial score (nSPS) is 11.0. The summed E-state index contributed by atoms with van der Waals surface area (Å²) in [6.07, 6.45) is 2.47. The van der Waals surface area contributed by atoms with Crippen LogP contribution >= 0.6 is 0 Å². The van der Waals surface area contributed by atoms with Crippen molar-refractivity contribution in [2.75, 3.05) is 53.4 Å². The summed E-state index contributed by atoms with van der Waals surface area (Å²) >= 11 is 0. The molecule has 0 atom stereocenters. The lowest BCUT2D eigenvalue weighted by molar-refractivity contribution is -0.145. The minimum absolute atomic E-state index is 0.0617. The summed E-state index contributed by atoms with van der Waals surface area (Å²) in [6, 6.07) is 17.4. The van der Waals surface area contributed by atoms with Gasteiger partial charge in [-0.3, -0.25) is 9.78 Å². The molecule has 0 fully saturated rings. The minimum atomic E-state index is -0.311. The van der Waals surface area contributed by atoms with Gasteiger partial charge in [0.2, 0.25) is 0 Å². The van der Waals surface area contributed by atoms with Crippen molar-refractivity contribution in [3.63, 3.8) is 0 Å². The first kappa shape index (κ1) is 29.3. The molecule has 1 heterocycles. The molecule has 204 valence electrons. The molecule has 0 aliphatic carbocycles. The maximum absolute atomic E-state index is 12.1. The molecule has 0 amide bonds. The van der Waals surface area contributed by atoms with Crippen LogP contribution < -0.4 is 0 Å². The van der Waals surface area contributed by atoms with Crippen molar-refractivity contribution in [2.24, 2.45) is 0 Å². The molecule has 1 aromatic heterocycles. The van der Waals surface area contributed by atoms with Crippen molar-refractivity contribution in [1.29, 1.82) is 0 Å². The number of aromatic hydroxyl groups is 1. The number of hydrogen-bond acceptors (Lipinski definition) is 8. The second kappa shape index (κ2) is 16.5. The van der Waals surface area contributed by atoms with Gasteiger partial charge in [0.1, 0.15) is 12.4 Å². The summed E-state index contributed by atoms with van der Waals surface area (Å²) in [5, 5.41) is 10.5. The SMILES string of the molecule is COCCOCCOCCOCCCC(=O)OCc1cc(-c2cc(-c3cccc(C)c3)ccc2O)ccn1. The molecule has 0 bridgehead atoms. The van der Waals surface area contributed by atoms with E-state index < -0.39 is 0 Å². The number of nitrogens with zero attached hydrogens (tertiary/aromatic N) is 1. The largest absolute Gasteiger partial charge is 0.507 e. The molecule has 8 heteroatoms. The predicted octanol–water partition coefficient (Wildman–Crippen LogP) is 4.95. The van der Waals surface area contributed by atoms with E-state index in [1.165, 1.54) is 5.56 Å². The number of pyridine rings is 1. The van der Waals surface area contributed by atoms with Gasteiger partial charge in [-0.25, -0.2) is 0 Å². The van der Waals surface area contributed by atoms with Crippen LogP contribution in [0.5, 0.6) is 5.75 Å². The first-order valence-corrected chi connectivity index (χ1v) is 12.8. The Hall–Kier alpha value is -3.30. The van der Waals surface area contributed by atoms with Crippen LogP contribution in [0.3, 0.4) is 0 Å². The fraction of sp³-hybridized carbons (Fsp3) is 0.400. The number of phenols is 1. The zero-order valence-corrected chi connectivity index (χ0v) is 22.2. The molecule has 3 rings (SSSR count). The maximum Gasteiger partial charge on any atom is 0.306 e. The number of rotatable bonds is 17. The molecule has 8 nitrogen and oxygen atoms in total. The molecule has 0 spiro atoms. The van der Waals surface area contributed by atoms with Crippen LogP contribution in [-0.2, 0) is 35.1 Å². The Morgan fingerprint density at radius 2 is 1.53 bits per heavy atom.